The third-order valence-corrected chi connectivity index (χ3v) is 11.3. The van der Waals surface area contributed by atoms with Crippen LogP contribution >= 0.6 is 11.6 Å². The Labute approximate surface area is 377 Å². The number of urea groups is 1. The van der Waals surface area contributed by atoms with E-state index in [0.29, 0.717) is 47.7 Å². The predicted molar refractivity (Wildman–Crippen MR) is 238 cm³/mol. The molecular formula is C44H49ClN10O10. The van der Waals surface area contributed by atoms with Crippen molar-refractivity contribution in [2.75, 3.05) is 55.0 Å². The monoisotopic (exact) mass is 912 g/mol. The van der Waals surface area contributed by atoms with Crippen molar-refractivity contribution < 1.29 is 48.5 Å². The topological polar surface area (TPSA) is 252 Å². The number of aromatic nitrogens is 5. The van der Waals surface area contributed by atoms with Crippen molar-refractivity contribution in [2.24, 2.45) is 0 Å². The normalized spacial score (nSPS) is 16.4. The van der Waals surface area contributed by atoms with E-state index in [2.05, 4.69) is 31.5 Å². The molecule has 5 N–H and O–H groups in total. The fraction of sp³-hybridized carbons (Fsp3) is 0.386. The molecule has 2 aromatic heterocycles. The summed E-state index contributed by atoms with van der Waals surface area (Å²) in [5, 5.41) is 41.2. The number of rotatable bonds is 11. The number of halogens is 1. The van der Waals surface area contributed by atoms with Gasteiger partial charge in [0, 0.05) is 47.8 Å². The van der Waals surface area contributed by atoms with Gasteiger partial charge in [0.05, 0.1) is 42.8 Å². The Morgan fingerprint density at radius 1 is 0.877 bits per heavy atom. The molecule has 2 fully saturated rings. The Balaban J connectivity index is 1.24. The molecule has 20 nitrogen and oxygen atoms in total. The molecule has 7 rings (SSSR count). The van der Waals surface area contributed by atoms with Crippen molar-refractivity contribution >= 4 is 75.4 Å². The van der Waals surface area contributed by atoms with E-state index in [4.69, 9.17) is 21.1 Å². The summed E-state index contributed by atoms with van der Waals surface area (Å²) in [4.78, 5) is 84.0. The minimum absolute atomic E-state index is 0.0470. The smallest absolute Gasteiger partial charge is 0.416 e. The Hall–Kier alpha value is -6.90. The van der Waals surface area contributed by atoms with Gasteiger partial charge in [-0.15, -0.1) is 5.10 Å². The number of nitrogens with one attached hydrogen (secondary N) is 3. The molecule has 3 aromatic carbocycles. The average Bonchev–Trinajstić information content (AvgIpc) is 3.91. The second kappa shape index (κ2) is 18.3. The number of carboxylic acid groups (broad SMARTS) is 2. The first-order chi connectivity index (χ1) is 30.7. The summed E-state index contributed by atoms with van der Waals surface area (Å²) in [5.41, 5.74) is 0.667. The number of piperazine rings is 1. The van der Waals surface area contributed by atoms with Crippen molar-refractivity contribution in [2.45, 2.75) is 70.9 Å². The minimum Gasteiger partial charge on any atom is -0.477 e. The first-order valence-electron chi connectivity index (χ1n) is 20.7. The van der Waals surface area contributed by atoms with Gasteiger partial charge in [0.1, 0.15) is 18.1 Å². The highest BCUT2D eigenvalue weighted by molar-refractivity contribution is 6.41. The maximum atomic E-state index is 14.9. The fourth-order valence-electron chi connectivity index (χ4n) is 8.30. The molecule has 342 valence electrons. The van der Waals surface area contributed by atoms with Crippen LogP contribution in [0, 0.1) is 0 Å². The zero-order valence-electron chi connectivity index (χ0n) is 36.5. The van der Waals surface area contributed by atoms with Crippen LogP contribution in [-0.4, -0.2) is 127 Å². The summed E-state index contributed by atoms with van der Waals surface area (Å²) in [6, 6.07) is 12.6. The lowest BCUT2D eigenvalue weighted by atomic mass is 9.77. The molecule has 2 aliphatic heterocycles. The van der Waals surface area contributed by atoms with E-state index in [1.807, 2.05) is 20.8 Å². The highest BCUT2D eigenvalue weighted by Gasteiger charge is 2.42. The number of amides is 5. The molecule has 2 aliphatic rings. The molecule has 2 atom stereocenters. The van der Waals surface area contributed by atoms with E-state index >= 15 is 0 Å². The second-order valence-corrected chi connectivity index (χ2v) is 18.1. The quantitative estimate of drug-likeness (QED) is 0.109. The van der Waals surface area contributed by atoms with Gasteiger partial charge in [0.15, 0.2) is 0 Å². The number of fused-ring (bicyclic) bond motifs is 1. The van der Waals surface area contributed by atoms with E-state index in [-0.39, 0.29) is 59.6 Å². The Kier molecular flexibility index (Phi) is 13.0. The van der Waals surface area contributed by atoms with Crippen LogP contribution in [0.5, 0.6) is 0 Å². The molecular weight excluding hydrogens is 864 g/mol. The molecule has 4 heterocycles. The Bertz CT molecular complexity index is 2670. The number of hydrogen-bond donors (Lipinski definition) is 5. The standard InChI is InChI=1S/C44H49ClN10O10/c1-43(2,3)34-28(12-14-30-33(34)35(44(4,5)6)36(40(59)60)55(30)42(62)63)49-37(56)32(19-24-7-10-26(11-8-24)48-41(61)46-21-27-22-64-17-18-65-27)53-16-15-52(38(57)39(53)58)31-20-25(45)9-13-29(31)54-23-47-50-51-54/h7-14,20,23,27,32H,15-19,21-22H2,1-6H3,(H,49,56)(H,59,60)(H,62,63)(H2,46,48,61)/t27?,32-/m0/s1. The number of benzene rings is 3. The Morgan fingerprint density at radius 2 is 1.60 bits per heavy atom. The number of carboxylic acids is 1. The van der Waals surface area contributed by atoms with E-state index in [1.54, 1.807) is 57.2 Å². The summed E-state index contributed by atoms with van der Waals surface area (Å²) in [6.07, 6.45) is -0.514. The van der Waals surface area contributed by atoms with E-state index < -0.39 is 58.4 Å². The highest BCUT2D eigenvalue weighted by atomic mass is 35.5. The largest absolute Gasteiger partial charge is 0.477 e. The van der Waals surface area contributed by atoms with Gasteiger partial charge in [0.2, 0.25) is 5.91 Å². The maximum absolute atomic E-state index is 14.9. The average molecular weight is 913 g/mol. The molecule has 2 saturated heterocycles. The molecule has 5 aromatic rings. The minimum atomic E-state index is -1.49. The molecule has 0 radical (unpaired) electrons. The molecule has 5 amide bonds. The van der Waals surface area contributed by atoms with Crippen molar-refractivity contribution in [1.82, 2.24) is 35.0 Å². The molecule has 0 saturated carbocycles. The van der Waals surface area contributed by atoms with E-state index in [0.717, 1.165) is 4.57 Å². The number of nitrogens with zero attached hydrogens (tertiary/aromatic N) is 7. The zero-order valence-corrected chi connectivity index (χ0v) is 37.3. The number of carbonyl (C=O) groups excluding carboxylic acids is 4. The van der Waals surface area contributed by atoms with Gasteiger partial charge in [0.25, 0.3) is 0 Å². The lowest BCUT2D eigenvalue weighted by Crippen LogP contribution is -2.60. The number of aromatic carboxylic acids is 1. The van der Waals surface area contributed by atoms with Crippen molar-refractivity contribution in [3.63, 3.8) is 0 Å². The highest BCUT2D eigenvalue weighted by Crippen LogP contribution is 2.44. The fourth-order valence-corrected chi connectivity index (χ4v) is 8.46. The van der Waals surface area contributed by atoms with Crippen molar-refractivity contribution in [3.8, 4) is 5.69 Å². The van der Waals surface area contributed by atoms with Crippen LogP contribution in [-0.2, 0) is 41.1 Å². The second-order valence-electron chi connectivity index (χ2n) is 17.7. The third kappa shape index (κ3) is 9.64. The van der Waals surface area contributed by atoms with Gasteiger partial charge in [-0.25, -0.2) is 19.0 Å². The first kappa shape index (κ1) is 46.1. The lowest BCUT2D eigenvalue weighted by Gasteiger charge is -2.38. The van der Waals surface area contributed by atoms with Gasteiger partial charge in [-0.3, -0.25) is 14.4 Å². The van der Waals surface area contributed by atoms with Crippen LogP contribution in [0.3, 0.4) is 0 Å². The molecule has 65 heavy (non-hydrogen) atoms. The van der Waals surface area contributed by atoms with Crippen LogP contribution in [0.15, 0.2) is 60.9 Å². The summed E-state index contributed by atoms with van der Waals surface area (Å²) in [7, 11) is 0. The van der Waals surface area contributed by atoms with E-state index in [1.165, 1.54) is 39.0 Å². The zero-order chi connectivity index (χ0) is 47.0. The third-order valence-electron chi connectivity index (χ3n) is 11.1. The summed E-state index contributed by atoms with van der Waals surface area (Å²) < 4.78 is 13.0. The molecule has 21 heteroatoms. The van der Waals surface area contributed by atoms with Crippen molar-refractivity contribution in [3.05, 3.63) is 88.3 Å². The number of tetrazole rings is 1. The molecule has 1 unspecified atom stereocenters. The van der Waals surface area contributed by atoms with Crippen LogP contribution in [0.1, 0.15) is 68.7 Å². The lowest BCUT2D eigenvalue weighted by molar-refractivity contribution is -0.149. The number of ether oxygens (including phenoxy) is 2. The van der Waals surface area contributed by atoms with Gasteiger partial charge in [-0.05, 0) is 80.4 Å². The molecule has 0 spiro atoms. The molecule has 0 aliphatic carbocycles. The van der Waals surface area contributed by atoms with Gasteiger partial charge in [-0.2, -0.15) is 4.68 Å². The maximum Gasteiger partial charge on any atom is 0.416 e. The van der Waals surface area contributed by atoms with Crippen molar-refractivity contribution in [1.29, 1.82) is 0 Å². The van der Waals surface area contributed by atoms with Gasteiger partial charge in [-0.1, -0.05) is 65.3 Å². The SMILES string of the molecule is CC(C)(C)c1c(NC(=O)[C@H](Cc2ccc(NC(=O)NCC3COCCO3)cc2)N2CCN(c3cc(Cl)ccc3-n3cnnn3)C(=O)C2=O)ccc2c1c(C(C)(C)C)c(C(=O)O)n2C(=O)O. The summed E-state index contributed by atoms with van der Waals surface area (Å²) >= 11 is 6.37. The molecule has 0 bridgehead atoms. The summed E-state index contributed by atoms with van der Waals surface area (Å²) in [6.45, 7) is 12.3. The van der Waals surface area contributed by atoms with Crippen LogP contribution in [0.25, 0.3) is 16.6 Å². The number of hydrogen-bond acceptors (Lipinski definition) is 11. The number of anilines is 3. The van der Waals surface area contributed by atoms with Crippen LogP contribution in [0.2, 0.25) is 5.02 Å². The van der Waals surface area contributed by atoms with Crippen LogP contribution < -0.4 is 20.9 Å². The number of carbonyl (C=O) groups is 6. The predicted octanol–water partition coefficient (Wildman–Crippen LogP) is 5.05. The van der Waals surface area contributed by atoms with Crippen LogP contribution in [0.4, 0.5) is 26.7 Å². The Morgan fingerprint density at radius 3 is 2.22 bits per heavy atom. The van der Waals surface area contributed by atoms with Gasteiger partial charge < -0.3 is 45.4 Å². The van der Waals surface area contributed by atoms with E-state index in [9.17, 15) is 39.0 Å². The summed E-state index contributed by atoms with van der Waals surface area (Å²) in [5.74, 6) is -4.03. The first-order valence-corrected chi connectivity index (χ1v) is 21.1. The van der Waals surface area contributed by atoms with Gasteiger partial charge >= 0.3 is 29.9 Å².